The first-order valence-corrected chi connectivity index (χ1v) is 5.95. The summed E-state index contributed by atoms with van der Waals surface area (Å²) in [5, 5.41) is 0. The Balaban J connectivity index is 3.34. The molecule has 0 saturated carbocycles. The van der Waals surface area contributed by atoms with Crippen LogP contribution in [-0.4, -0.2) is 27.8 Å². The zero-order valence-electron chi connectivity index (χ0n) is 6.18. The Morgan fingerprint density at radius 1 is 1.25 bits per heavy atom. The van der Waals surface area contributed by atoms with Crippen LogP contribution in [0.3, 0.4) is 0 Å². The maximum absolute atomic E-state index is 2.31. The highest BCUT2D eigenvalue weighted by atomic mass is 28.3. The molecular weight excluding hydrogens is 114 g/mol. The first kappa shape index (κ1) is 7.76. The number of hydrogen-bond acceptors (Lipinski definition) is 1. The van der Waals surface area contributed by atoms with E-state index in [0.29, 0.717) is 0 Å². The first-order chi connectivity index (χ1) is 3.63. The fourth-order valence-corrected chi connectivity index (χ4v) is 1.03. The van der Waals surface area contributed by atoms with Crippen LogP contribution in [-0.2, 0) is 0 Å². The van der Waals surface area contributed by atoms with E-state index in [4.69, 9.17) is 0 Å². The van der Waals surface area contributed by atoms with Gasteiger partial charge in [-0.2, -0.15) is 0 Å². The van der Waals surface area contributed by atoms with E-state index in [2.05, 4.69) is 29.9 Å². The molecule has 0 aromatic heterocycles. The molecule has 0 amide bonds. The predicted molar refractivity (Wildman–Crippen MR) is 41.7 cm³/mol. The second-order valence-electron chi connectivity index (χ2n) is 2.55. The van der Waals surface area contributed by atoms with E-state index in [1.165, 1.54) is 0 Å². The summed E-state index contributed by atoms with van der Waals surface area (Å²) in [5.74, 6) is 0. The second-order valence-corrected chi connectivity index (χ2v) is 5.42. The van der Waals surface area contributed by atoms with Gasteiger partial charge in [-0.15, -0.1) is 0 Å². The Morgan fingerprint density at radius 3 is 1.88 bits per heavy atom. The van der Waals surface area contributed by atoms with E-state index in [1.807, 2.05) is 14.1 Å². The first-order valence-electron chi connectivity index (χ1n) is 2.97. The Labute approximate surface area is 53.6 Å². The molecule has 0 N–H and O–H groups in total. The van der Waals surface area contributed by atoms with E-state index in [0.717, 1.165) is 0 Å². The zero-order chi connectivity index (χ0) is 6.57. The number of nitrogens with zero attached hydrogens (tertiary/aromatic N) is 1. The summed E-state index contributed by atoms with van der Waals surface area (Å²) in [6, 6.07) is 0. The van der Waals surface area contributed by atoms with Crippen LogP contribution in [0.25, 0.3) is 0 Å². The molecular formula is C6H15NSi. The van der Waals surface area contributed by atoms with Gasteiger partial charge in [0, 0.05) is 14.1 Å². The van der Waals surface area contributed by atoms with Gasteiger partial charge >= 0.3 is 0 Å². The molecule has 1 nitrogen and oxygen atoms in total. The zero-order valence-corrected chi connectivity index (χ0v) is 7.33. The smallest absolute Gasteiger partial charge is 0.0572 e. The van der Waals surface area contributed by atoms with Crippen molar-refractivity contribution < 1.29 is 0 Å². The normalized spacial score (nSPS) is 11.1. The van der Waals surface area contributed by atoms with Crippen molar-refractivity contribution in [3.63, 3.8) is 0 Å². The summed E-state index contributed by atoms with van der Waals surface area (Å²) in [5.41, 5.74) is 2.31. The summed E-state index contributed by atoms with van der Waals surface area (Å²) >= 11 is 0. The molecule has 0 radical (unpaired) electrons. The van der Waals surface area contributed by atoms with E-state index in [1.54, 1.807) is 0 Å². The van der Waals surface area contributed by atoms with Gasteiger partial charge in [0.15, 0.2) is 0 Å². The van der Waals surface area contributed by atoms with Gasteiger partial charge < -0.3 is 4.90 Å². The SMILES string of the molecule is CN(C)C=C[SiH](C)C. The summed E-state index contributed by atoms with van der Waals surface area (Å²) in [7, 11) is 3.65. The van der Waals surface area contributed by atoms with Gasteiger partial charge in [0.1, 0.15) is 0 Å². The van der Waals surface area contributed by atoms with Gasteiger partial charge in [0.25, 0.3) is 0 Å². The van der Waals surface area contributed by atoms with Crippen molar-refractivity contribution in [1.82, 2.24) is 4.90 Å². The van der Waals surface area contributed by atoms with Crippen molar-refractivity contribution in [3.8, 4) is 0 Å². The standard InChI is InChI=1S/C6H15NSi/c1-7(2)5-6-8(3)4/h5-6,8H,1-4H3. The quantitative estimate of drug-likeness (QED) is 0.504. The lowest BCUT2D eigenvalue weighted by atomic mass is 10.9. The van der Waals surface area contributed by atoms with Crippen LogP contribution in [0.1, 0.15) is 0 Å². The van der Waals surface area contributed by atoms with Crippen LogP contribution >= 0.6 is 0 Å². The summed E-state index contributed by atoms with van der Waals surface area (Å²) in [4.78, 5) is 2.08. The molecule has 0 aliphatic rings. The van der Waals surface area contributed by atoms with Crippen LogP contribution in [0.4, 0.5) is 0 Å². The van der Waals surface area contributed by atoms with Crippen LogP contribution in [0.15, 0.2) is 11.9 Å². The van der Waals surface area contributed by atoms with E-state index in [-0.39, 0.29) is 0 Å². The van der Waals surface area contributed by atoms with Crippen molar-refractivity contribution in [1.29, 1.82) is 0 Å². The topological polar surface area (TPSA) is 3.24 Å². The Kier molecular flexibility index (Phi) is 3.61. The fraction of sp³-hybridized carbons (Fsp3) is 0.667. The average molecular weight is 129 g/mol. The molecule has 0 aliphatic heterocycles. The molecule has 0 rings (SSSR count). The van der Waals surface area contributed by atoms with E-state index in [9.17, 15) is 0 Å². The lowest BCUT2D eigenvalue weighted by Crippen LogP contribution is -2.03. The molecule has 0 unspecified atom stereocenters. The van der Waals surface area contributed by atoms with Gasteiger partial charge in [0.2, 0.25) is 0 Å². The molecule has 0 aromatic rings. The van der Waals surface area contributed by atoms with Crippen molar-refractivity contribution in [2.75, 3.05) is 14.1 Å². The summed E-state index contributed by atoms with van der Waals surface area (Å²) < 4.78 is 0. The van der Waals surface area contributed by atoms with Gasteiger partial charge in [-0.3, -0.25) is 0 Å². The largest absolute Gasteiger partial charge is 0.384 e. The summed E-state index contributed by atoms with van der Waals surface area (Å²) in [6.45, 7) is 4.61. The molecule has 0 fully saturated rings. The average Bonchev–Trinajstić information content (AvgIpc) is 1.61. The third-order valence-corrected chi connectivity index (χ3v) is 1.71. The lowest BCUT2D eigenvalue weighted by molar-refractivity contribution is 0.564. The highest BCUT2D eigenvalue weighted by molar-refractivity contribution is 6.61. The molecule has 0 bridgehead atoms. The van der Waals surface area contributed by atoms with Crippen molar-refractivity contribution in [2.45, 2.75) is 13.1 Å². The fourth-order valence-electron chi connectivity index (χ4n) is 0.344. The van der Waals surface area contributed by atoms with Crippen molar-refractivity contribution in [3.05, 3.63) is 11.9 Å². The van der Waals surface area contributed by atoms with Gasteiger partial charge in [-0.05, 0) is 6.20 Å². The maximum atomic E-state index is 2.31. The monoisotopic (exact) mass is 129 g/mol. The molecule has 0 aromatic carbocycles. The van der Waals surface area contributed by atoms with E-state index >= 15 is 0 Å². The Bertz CT molecular complexity index is 66.6. The van der Waals surface area contributed by atoms with Crippen LogP contribution in [0, 0.1) is 0 Å². The molecule has 0 spiro atoms. The lowest BCUT2D eigenvalue weighted by Gasteiger charge is -2.03. The Hall–Kier alpha value is -0.243. The third-order valence-electron chi connectivity index (χ3n) is 0.769. The molecule has 0 saturated heterocycles. The molecule has 0 aliphatic carbocycles. The highest BCUT2D eigenvalue weighted by Crippen LogP contribution is 1.83. The van der Waals surface area contributed by atoms with Gasteiger partial charge in [-0.25, -0.2) is 0 Å². The minimum Gasteiger partial charge on any atom is -0.384 e. The molecule has 0 heterocycles. The maximum Gasteiger partial charge on any atom is 0.0572 e. The van der Waals surface area contributed by atoms with Crippen molar-refractivity contribution >= 4 is 8.80 Å². The third kappa shape index (κ3) is 5.76. The summed E-state index contributed by atoms with van der Waals surface area (Å²) in [6.07, 6.45) is 2.14. The predicted octanol–water partition coefficient (Wildman–Crippen LogP) is 1.09. The number of rotatable bonds is 2. The van der Waals surface area contributed by atoms with E-state index < -0.39 is 8.80 Å². The molecule has 48 valence electrons. The highest BCUT2D eigenvalue weighted by Gasteiger charge is 1.84. The van der Waals surface area contributed by atoms with Crippen LogP contribution in [0.5, 0.6) is 0 Å². The minimum absolute atomic E-state index is 0.449. The molecule has 2 heteroatoms. The van der Waals surface area contributed by atoms with Crippen molar-refractivity contribution in [2.24, 2.45) is 0 Å². The van der Waals surface area contributed by atoms with Crippen LogP contribution in [0.2, 0.25) is 13.1 Å². The second kappa shape index (κ2) is 3.72. The van der Waals surface area contributed by atoms with Gasteiger partial charge in [-0.1, -0.05) is 18.8 Å². The number of hydrogen-bond donors (Lipinski definition) is 0. The molecule has 8 heavy (non-hydrogen) atoms. The molecule has 0 atom stereocenters. The van der Waals surface area contributed by atoms with Crippen LogP contribution < -0.4 is 0 Å². The Morgan fingerprint density at radius 2 is 1.75 bits per heavy atom. The van der Waals surface area contributed by atoms with Gasteiger partial charge in [0.05, 0.1) is 8.80 Å². The minimum atomic E-state index is -0.449.